The highest BCUT2D eigenvalue weighted by atomic mass is 16.5. The lowest BCUT2D eigenvalue weighted by Gasteiger charge is -2.41. The molecular weight excluding hydrogens is 444 g/mol. The van der Waals surface area contributed by atoms with Crippen LogP contribution < -0.4 is 10.1 Å². The largest absolute Gasteiger partial charge is 0.497 e. The van der Waals surface area contributed by atoms with Crippen LogP contribution in [0.4, 0.5) is 4.79 Å². The Kier molecular flexibility index (Phi) is 8.94. The van der Waals surface area contributed by atoms with E-state index in [1.807, 2.05) is 48.2 Å². The van der Waals surface area contributed by atoms with Gasteiger partial charge in [0.25, 0.3) is 5.91 Å². The third-order valence-corrected chi connectivity index (χ3v) is 7.13. The second-order valence-electron chi connectivity index (χ2n) is 10.3. The molecule has 2 aliphatic heterocycles. The molecule has 1 N–H and O–H groups in total. The maximum Gasteiger partial charge on any atom is 0.325 e. The number of imide groups is 1. The summed E-state index contributed by atoms with van der Waals surface area (Å²) in [6.07, 6.45) is 6.27. The highest BCUT2D eigenvalue weighted by molar-refractivity contribution is 6.07. The Morgan fingerprint density at radius 1 is 1.20 bits per heavy atom. The lowest BCUT2D eigenvalue weighted by Crippen LogP contribution is -2.56. The number of hydrogen-bond donors (Lipinski definition) is 1. The minimum atomic E-state index is -0.873. The Hall–Kier alpha value is -2.87. The van der Waals surface area contributed by atoms with Gasteiger partial charge >= 0.3 is 6.03 Å². The van der Waals surface area contributed by atoms with Gasteiger partial charge in [0.15, 0.2) is 0 Å². The second-order valence-corrected chi connectivity index (χ2v) is 10.3. The molecule has 0 aliphatic carbocycles. The van der Waals surface area contributed by atoms with Crippen molar-refractivity contribution in [3.63, 3.8) is 0 Å². The van der Waals surface area contributed by atoms with Gasteiger partial charge in [-0.2, -0.15) is 0 Å². The van der Waals surface area contributed by atoms with E-state index in [2.05, 4.69) is 19.2 Å². The second kappa shape index (κ2) is 11.7. The lowest BCUT2D eigenvalue weighted by molar-refractivity contribution is -0.135. The molecule has 2 aliphatic rings. The van der Waals surface area contributed by atoms with Gasteiger partial charge in [-0.3, -0.25) is 14.5 Å². The summed E-state index contributed by atoms with van der Waals surface area (Å²) in [4.78, 5) is 44.4. The highest BCUT2D eigenvalue weighted by Gasteiger charge is 2.55. The normalized spacial score (nSPS) is 21.5. The first kappa shape index (κ1) is 26.7. The van der Waals surface area contributed by atoms with E-state index >= 15 is 0 Å². The average molecular weight is 485 g/mol. The van der Waals surface area contributed by atoms with Crippen LogP contribution in [0.5, 0.6) is 5.75 Å². The van der Waals surface area contributed by atoms with Gasteiger partial charge < -0.3 is 19.9 Å². The van der Waals surface area contributed by atoms with Crippen molar-refractivity contribution < 1.29 is 19.1 Å². The quantitative estimate of drug-likeness (QED) is 0.407. The van der Waals surface area contributed by atoms with Crippen molar-refractivity contribution in [2.45, 2.75) is 45.1 Å². The van der Waals surface area contributed by atoms with Crippen molar-refractivity contribution in [1.82, 2.24) is 20.0 Å². The number of nitrogens with one attached hydrogen (secondary N) is 1. The van der Waals surface area contributed by atoms with Gasteiger partial charge in [-0.25, -0.2) is 4.79 Å². The van der Waals surface area contributed by atoms with Gasteiger partial charge in [0.1, 0.15) is 11.3 Å². The molecule has 0 radical (unpaired) electrons. The number of carbonyl (C=O) groups excluding carboxylic acids is 3. The molecule has 0 saturated carbocycles. The Morgan fingerprint density at radius 2 is 1.86 bits per heavy atom. The van der Waals surface area contributed by atoms with Crippen LogP contribution in [-0.4, -0.2) is 85.5 Å². The fraction of sp³-hybridized carbons (Fsp3) is 0.593. The summed E-state index contributed by atoms with van der Waals surface area (Å²) in [5, 5.41) is 3.11. The Morgan fingerprint density at radius 3 is 2.43 bits per heavy atom. The molecule has 1 atom stereocenters. The van der Waals surface area contributed by atoms with E-state index in [9.17, 15) is 14.4 Å². The van der Waals surface area contributed by atoms with Crippen molar-refractivity contribution in [2.75, 3.05) is 47.4 Å². The molecule has 8 heteroatoms. The van der Waals surface area contributed by atoms with Crippen LogP contribution in [0.1, 0.15) is 45.1 Å². The number of benzene rings is 1. The Balaban J connectivity index is 1.66. The number of carbonyl (C=O) groups is 3. The van der Waals surface area contributed by atoms with Gasteiger partial charge in [0, 0.05) is 32.3 Å². The van der Waals surface area contributed by atoms with Gasteiger partial charge in [-0.1, -0.05) is 26.0 Å². The van der Waals surface area contributed by atoms with Crippen LogP contribution in [0.2, 0.25) is 0 Å². The van der Waals surface area contributed by atoms with Gasteiger partial charge in [-0.15, -0.1) is 0 Å². The third kappa shape index (κ3) is 6.42. The number of rotatable bonds is 10. The van der Waals surface area contributed by atoms with E-state index in [1.165, 1.54) is 4.90 Å². The number of urea groups is 1. The molecule has 0 aromatic heterocycles. The Labute approximate surface area is 209 Å². The van der Waals surface area contributed by atoms with Crippen LogP contribution in [0.25, 0.3) is 6.08 Å². The van der Waals surface area contributed by atoms with Crippen LogP contribution in [0, 0.1) is 11.8 Å². The number of hydrogen-bond acceptors (Lipinski definition) is 5. The lowest BCUT2D eigenvalue weighted by atomic mass is 9.74. The molecule has 2 saturated heterocycles. The summed E-state index contributed by atoms with van der Waals surface area (Å²) in [5.41, 5.74) is 0.0561. The zero-order valence-corrected chi connectivity index (χ0v) is 21.8. The number of likely N-dealkylation sites (tertiary alicyclic amines) is 1. The number of amides is 4. The molecule has 35 heavy (non-hydrogen) atoms. The fourth-order valence-electron chi connectivity index (χ4n) is 4.90. The van der Waals surface area contributed by atoms with E-state index in [1.54, 1.807) is 19.3 Å². The molecule has 0 bridgehead atoms. The molecule has 1 aromatic rings. The fourth-order valence-corrected chi connectivity index (χ4v) is 4.90. The van der Waals surface area contributed by atoms with Crippen molar-refractivity contribution in [1.29, 1.82) is 0 Å². The highest BCUT2D eigenvalue weighted by Crippen LogP contribution is 2.38. The van der Waals surface area contributed by atoms with E-state index in [0.717, 1.165) is 17.7 Å². The number of likely N-dealkylation sites (N-methyl/N-ethyl adjacent to an activating group) is 1. The first-order valence-corrected chi connectivity index (χ1v) is 12.6. The predicted octanol–water partition coefficient (Wildman–Crippen LogP) is 3.24. The van der Waals surface area contributed by atoms with Crippen LogP contribution in [0.3, 0.4) is 0 Å². The predicted molar refractivity (Wildman–Crippen MR) is 137 cm³/mol. The van der Waals surface area contributed by atoms with Crippen molar-refractivity contribution in [3.05, 3.63) is 35.9 Å². The maximum absolute atomic E-state index is 13.6. The SMILES string of the molecule is COc1ccc(/C=C/C(=O)N2CCC(C3(CCC(C)C)NC(=O)N(CCN(C)C)C3=O)CC2)cc1. The number of nitrogens with zero attached hydrogens (tertiary/aromatic N) is 3. The van der Waals surface area contributed by atoms with Crippen molar-refractivity contribution in [3.8, 4) is 5.75 Å². The minimum Gasteiger partial charge on any atom is -0.497 e. The summed E-state index contributed by atoms with van der Waals surface area (Å²) >= 11 is 0. The van der Waals surface area contributed by atoms with E-state index in [-0.39, 0.29) is 23.8 Å². The molecule has 2 fully saturated rings. The topological polar surface area (TPSA) is 82.2 Å². The molecule has 3 rings (SSSR count). The van der Waals surface area contributed by atoms with Crippen LogP contribution >= 0.6 is 0 Å². The molecule has 1 unspecified atom stereocenters. The molecular formula is C27H40N4O4. The summed E-state index contributed by atoms with van der Waals surface area (Å²) in [6, 6.07) is 7.25. The van der Waals surface area contributed by atoms with E-state index < -0.39 is 5.54 Å². The third-order valence-electron chi connectivity index (χ3n) is 7.13. The minimum absolute atomic E-state index is 0.0108. The first-order valence-electron chi connectivity index (χ1n) is 12.6. The molecule has 2 heterocycles. The monoisotopic (exact) mass is 484 g/mol. The van der Waals surface area contributed by atoms with Gasteiger partial charge in [0.05, 0.1) is 7.11 Å². The molecule has 192 valence electrons. The van der Waals surface area contributed by atoms with Crippen molar-refractivity contribution in [2.24, 2.45) is 11.8 Å². The summed E-state index contributed by atoms with van der Waals surface area (Å²) in [6.45, 7) is 6.42. The molecule has 8 nitrogen and oxygen atoms in total. The molecule has 4 amide bonds. The average Bonchev–Trinajstić information content (AvgIpc) is 3.09. The first-order chi connectivity index (χ1) is 16.7. The maximum atomic E-state index is 13.6. The number of methoxy groups -OCH3 is 1. The summed E-state index contributed by atoms with van der Waals surface area (Å²) in [7, 11) is 5.48. The number of ether oxygens (including phenoxy) is 1. The summed E-state index contributed by atoms with van der Waals surface area (Å²) in [5.74, 6) is 1.07. The summed E-state index contributed by atoms with van der Waals surface area (Å²) < 4.78 is 5.17. The smallest absolute Gasteiger partial charge is 0.325 e. The zero-order valence-electron chi connectivity index (χ0n) is 21.8. The van der Waals surface area contributed by atoms with Crippen LogP contribution in [0.15, 0.2) is 30.3 Å². The Bertz CT molecular complexity index is 920. The number of piperidine rings is 1. The van der Waals surface area contributed by atoms with Gasteiger partial charge in [0.2, 0.25) is 5.91 Å². The standard InChI is InChI=1S/C27H40N4O4/c1-20(2)12-15-27(25(33)31(26(34)28-27)19-18-29(3)4)22-13-16-30(17-14-22)24(32)11-8-21-6-9-23(35-5)10-7-21/h6-11,20,22H,12-19H2,1-5H3,(H,28,34)/b11-8+. The van der Waals surface area contributed by atoms with E-state index in [0.29, 0.717) is 51.4 Å². The van der Waals surface area contributed by atoms with Gasteiger partial charge in [-0.05, 0) is 75.4 Å². The zero-order chi connectivity index (χ0) is 25.6. The van der Waals surface area contributed by atoms with E-state index in [4.69, 9.17) is 4.74 Å². The molecule has 1 aromatic carbocycles. The van der Waals surface area contributed by atoms with Crippen LogP contribution in [-0.2, 0) is 9.59 Å². The van der Waals surface area contributed by atoms with Crippen molar-refractivity contribution >= 4 is 23.9 Å². The molecule has 0 spiro atoms.